The molecule has 0 fully saturated rings. The largest absolute Gasteiger partial charge is 0.479 e. The van der Waals surface area contributed by atoms with Gasteiger partial charge in [0, 0.05) is 20.2 Å². The second kappa shape index (κ2) is 7.46. The van der Waals surface area contributed by atoms with Gasteiger partial charge in [-0.15, -0.1) is 0 Å². The fourth-order valence-corrected chi connectivity index (χ4v) is 1.05. The molecule has 0 bridgehead atoms. The Morgan fingerprint density at radius 3 is 2.59 bits per heavy atom. The highest BCUT2D eigenvalue weighted by molar-refractivity contribution is 5.77. The van der Waals surface area contributed by atoms with Crippen LogP contribution in [0.5, 0.6) is 0 Å². The van der Waals surface area contributed by atoms with Crippen molar-refractivity contribution in [1.29, 1.82) is 5.26 Å². The number of hydrogen-bond donors (Lipinski definition) is 2. The van der Waals surface area contributed by atoms with Crippen molar-refractivity contribution >= 4 is 12.0 Å². The molecule has 7 nitrogen and oxygen atoms in total. The quantitative estimate of drug-likeness (QED) is 0.685. The third-order valence-electron chi connectivity index (χ3n) is 2.37. The van der Waals surface area contributed by atoms with E-state index in [-0.39, 0.29) is 19.0 Å². The number of methoxy groups -OCH3 is 1. The van der Waals surface area contributed by atoms with Crippen LogP contribution >= 0.6 is 0 Å². The molecular formula is C10H17N3O4. The number of carbonyl (C=O) groups excluding carboxylic acids is 1. The molecule has 7 heteroatoms. The van der Waals surface area contributed by atoms with E-state index in [1.807, 2.05) is 6.07 Å². The van der Waals surface area contributed by atoms with Crippen molar-refractivity contribution in [1.82, 2.24) is 10.2 Å². The Bertz CT molecular complexity index is 313. The summed E-state index contributed by atoms with van der Waals surface area (Å²) in [4.78, 5) is 23.5. The van der Waals surface area contributed by atoms with Crippen LogP contribution in [-0.4, -0.2) is 54.9 Å². The number of nitriles is 1. The van der Waals surface area contributed by atoms with Crippen molar-refractivity contribution < 1.29 is 19.4 Å². The molecule has 0 aliphatic heterocycles. The second-order valence-corrected chi connectivity index (χ2v) is 3.57. The summed E-state index contributed by atoms with van der Waals surface area (Å²) in [5.41, 5.74) is 0. The molecule has 0 aromatic rings. The van der Waals surface area contributed by atoms with E-state index in [9.17, 15) is 9.59 Å². The van der Waals surface area contributed by atoms with Gasteiger partial charge in [0.05, 0.1) is 19.0 Å². The maximum absolute atomic E-state index is 11.6. The van der Waals surface area contributed by atoms with Gasteiger partial charge in [0.1, 0.15) is 0 Å². The van der Waals surface area contributed by atoms with Crippen LogP contribution in [0.3, 0.4) is 0 Å². The number of amides is 2. The zero-order valence-corrected chi connectivity index (χ0v) is 10.1. The van der Waals surface area contributed by atoms with Gasteiger partial charge in [-0.3, -0.25) is 0 Å². The number of carbonyl (C=O) groups is 2. The van der Waals surface area contributed by atoms with Crippen LogP contribution in [-0.2, 0) is 9.53 Å². The molecule has 2 unspecified atom stereocenters. The lowest BCUT2D eigenvalue weighted by atomic mass is 10.2. The molecule has 0 aliphatic carbocycles. The molecule has 0 saturated carbocycles. The molecule has 0 spiro atoms. The zero-order valence-electron chi connectivity index (χ0n) is 10.1. The molecular weight excluding hydrogens is 226 g/mol. The van der Waals surface area contributed by atoms with E-state index in [4.69, 9.17) is 10.4 Å². The van der Waals surface area contributed by atoms with Crippen LogP contribution < -0.4 is 5.32 Å². The first-order valence-electron chi connectivity index (χ1n) is 5.07. The number of carboxylic acids is 1. The summed E-state index contributed by atoms with van der Waals surface area (Å²) in [6.07, 6.45) is -0.852. The highest BCUT2D eigenvalue weighted by Crippen LogP contribution is 2.00. The first-order valence-corrected chi connectivity index (χ1v) is 5.07. The summed E-state index contributed by atoms with van der Waals surface area (Å²) in [6, 6.07) is 1.29. The van der Waals surface area contributed by atoms with Crippen molar-refractivity contribution in [3.8, 4) is 6.07 Å². The van der Waals surface area contributed by atoms with Crippen molar-refractivity contribution in [3.63, 3.8) is 0 Å². The lowest BCUT2D eigenvalue weighted by molar-refractivity contribution is -0.148. The average Bonchev–Trinajstić information content (AvgIpc) is 2.28. The van der Waals surface area contributed by atoms with Gasteiger partial charge >= 0.3 is 12.0 Å². The first kappa shape index (κ1) is 15.2. The third kappa shape index (κ3) is 5.17. The van der Waals surface area contributed by atoms with Gasteiger partial charge in [0.2, 0.25) is 0 Å². The van der Waals surface area contributed by atoms with E-state index in [0.29, 0.717) is 0 Å². The topological polar surface area (TPSA) is 103 Å². The molecule has 2 N–H and O–H groups in total. The van der Waals surface area contributed by atoms with Crippen LogP contribution in [0.4, 0.5) is 4.79 Å². The minimum atomic E-state index is -1.14. The van der Waals surface area contributed by atoms with E-state index >= 15 is 0 Å². The van der Waals surface area contributed by atoms with Crippen molar-refractivity contribution in [2.24, 2.45) is 0 Å². The fourth-order valence-electron chi connectivity index (χ4n) is 1.05. The van der Waals surface area contributed by atoms with Crippen LogP contribution in [0, 0.1) is 11.3 Å². The minimum Gasteiger partial charge on any atom is -0.479 e. The van der Waals surface area contributed by atoms with Crippen molar-refractivity contribution in [2.45, 2.75) is 25.5 Å². The van der Waals surface area contributed by atoms with Gasteiger partial charge in [-0.05, 0) is 6.92 Å². The molecule has 17 heavy (non-hydrogen) atoms. The molecule has 2 amide bonds. The maximum atomic E-state index is 11.6. The number of ether oxygens (including phenoxy) is 1. The Kier molecular flexibility index (Phi) is 6.67. The van der Waals surface area contributed by atoms with E-state index in [2.05, 4.69) is 10.1 Å². The zero-order chi connectivity index (χ0) is 13.4. The van der Waals surface area contributed by atoms with E-state index < -0.39 is 18.1 Å². The summed E-state index contributed by atoms with van der Waals surface area (Å²) in [5.74, 6) is -1.14. The van der Waals surface area contributed by atoms with Crippen LogP contribution in [0.2, 0.25) is 0 Å². The summed E-state index contributed by atoms with van der Waals surface area (Å²) in [7, 11) is 2.80. The Morgan fingerprint density at radius 1 is 1.59 bits per heavy atom. The molecule has 0 aromatic heterocycles. The Balaban J connectivity index is 4.18. The number of rotatable bonds is 6. The van der Waals surface area contributed by atoms with Crippen LogP contribution in [0.1, 0.15) is 13.3 Å². The number of hydrogen-bond acceptors (Lipinski definition) is 4. The molecule has 96 valence electrons. The average molecular weight is 243 g/mol. The predicted molar refractivity (Wildman–Crippen MR) is 59.3 cm³/mol. The molecule has 0 aromatic carbocycles. The minimum absolute atomic E-state index is 0.117. The summed E-state index contributed by atoms with van der Waals surface area (Å²) in [6.45, 7) is 1.61. The molecule has 2 atom stereocenters. The van der Waals surface area contributed by atoms with Crippen LogP contribution in [0.15, 0.2) is 0 Å². The summed E-state index contributed by atoms with van der Waals surface area (Å²) < 4.78 is 4.66. The summed E-state index contributed by atoms with van der Waals surface area (Å²) in [5, 5.41) is 19.6. The third-order valence-corrected chi connectivity index (χ3v) is 2.37. The first-order chi connectivity index (χ1) is 7.93. The SMILES string of the molecule is COC(CNC(=O)N(C)C(C)CC#N)C(=O)O. The molecule has 0 radical (unpaired) electrons. The van der Waals surface area contributed by atoms with Gasteiger partial charge in [-0.25, -0.2) is 9.59 Å². The lowest BCUT2D eigenvalue weighted by Crippen LogP contribution is -2.46. The Hall–Kier alpha value is -1.81. The normalized spacial score (nSPS) is 13.3. The molecule has 0 heterocycles. The number of carboxylic acid groups (broad SMARTS) is 1. The second-order valence-electron chi connectivity index (χ2n) is 3.57. The van der Waals surface area contributed by atoms with Gasteiger partial charge in [-0.2, -0.15) is 5.26 Å². The lowest BCUT2D eigenvalue weighted by Gasteiger charge is -2.24. The van der Waals surface area contributed by atoms with Crippen molar-refractivity contribution in [3.05, 3.63) is 0 Å². The van der Waals surface area contributed by atoms with E-state index in [0.717, 1.165) is 0 Å². The predicted octanol–water partition coefficient (Wildman–Crippen LogP) is 0.0296. The number of nitrogens with one attached hydrogen (secondary N) is 1. The van der Waals surface area contributed by atoms with Gasteiger partial charge in [-0.1, -0.05) is 0 Å². The van der Waals surface area contributed by atoms with E-state index in [1.54, 1.807) is 14.0 Å². The fraction of sp³-hybridized carbons (Fsp3) is 0.700. The number of aliphatic carboxylic acids is 1. The number of nitrogens with zero attached hydrogens (tertiary/aromatic N) is 2. The molecule has 0 aliphatic rings. The van der Waals surface area contributed by atoms with Gasteiger partial charge in [0.25, 0.3) is 0 Å². The highest BCUT2D eigenvalue weighted by atomic mass is 16.5. The molecule has 0 rings (SSSR count). The molecule has 0 saturated heterocycles. The number of urea groups is 1. The smallest absolute Gasteiger partial charge is 0.334 e. The summed E-state index contributed by atoms with van der Waals surface area (Å²) >= 11 is 0. The van der Waals surface area contributed by atoms with E-state index in [1.165, 1.54) is 12.0 Å². The van der Waals surface area contributed by atoms with Crippen molar-refractivity contribution in [2.75, 3.05) is 20.7 Å². The highest BCUT2D eigenvalue weighted by Gasteiger charge is 2.20. The monoisotopic (exact) mass is 243 g/mol. The maximum Gasteiger partial charge on any atom is 0.334 e. The van der Waals surface area contributed by atoms with Gasteiger partial charge in [0.15, 0.2) is 6.10 Å². The Labute approximate surface area is 100.0 Å². The standard InChI is InChI=1S/C10H17N3O4/c1-7(4-5-11)13(2)10(16)12-6-8(17-3)9(14)15/h7-8H,4,6H2,1-3H3,(H,12,16)(H,14,15). The van der Waals surface area contributed by atoms with Crippen LogP contribution in [0.25, 0.3) is 0 Å². The Morgan fingerprint density at radius 2 is 2.18 bits per heavy atom. The van der Waals surface area contributed by atoms with Gasteiger partial charge < -0.3 is 20.1 Å².